The third kappa shape index (κ3) is 4.98. The highest BCUT2D eigenvalue weighted by atomic mass is 14.9. The highest BCUT2D eigenvalue weighted by molar-refractivity contribution is 4.93. The molecule has 0 aromatic heterocycles. The van der Waals surface area contributed by atoms with Crippen molar-refractivity contribution in [1.29, 1.82) is 0 Å². The van der Waals surface area contributed by atoms with Gasteiger partial charge >= 0.3 is 0 Å². The largest absolute Gasteiger partial charge is 0.316 e. The Bertz CT molecular complexity index is 257. The average Bonchev–Trinajstić information content (AvgIpc) is 2.82. The lowest BCUT2D eigenvalue weighted by Crippen LogP contribution is -2.43. The second-order valence-electron chi connectivity index (χ2n) is 7.92. The minimum absolute atomic E-state index is 0.656. The number of unbranched alkanes of at least 4 members (excludes halogenated alkanes) is 1. The molecule has 2 fully saturated rings. The standard InChI is InChI=1S/C20H39N/c1-3-5-10-18-13-15-20(16-14-18,17-21-4-2)19-11-8-6-7-9-12-19/h18-19,21H,3-17H2,1-2H3. The van der Waals surface area contributed by atoms with Crippen LogP contribution in [0.25, 0.3) is 0 Å². The van der Waals surface area contributed by atoms with Crippen LogP contribution in [0.1, 0.15) is 97.3 Å². The second-order valence-corrected chi connectivity index (χ2v) is 7.92. The Kier molecular flexibility index (Phi) is 7.57. The molecule has 0 aromatic rings. The summed E-state index contributed by atoms with van der Waals surface area (Å²) in [5, 5.41) is 3.73. The molecule has 0 bridgehead atoms. The van der Waals surface area contributed by atoms with Crippen molar-refractivity contribution in [2.24, 2.45) is 17.3 Å². The fourth-order valence-corrected chi connectivity index (χ4v) is 5.03. The molecule has 0 amide bonds. The van der Waals surface area contributed by atoms with Crippen LogP contribution in [0.2, 0.25) is 0 Å². The molecule has 0 radical (unpaired) electrons. The Morgan fingerprint density at radius 1 is 0.905 bits per heavy atom. The van der Waals surface area contributed by atoms with E-state index in [1.807, 2.05) is 0 Å². The van der Waals surface area contributed by atoms with Gasteiger partial charge in [-0.15, -0.1) is 0 Å². The maximum Gasteiger partial charge on any atom is 0.00104 e. The maximum absolute atomic E-state index is 3.73. The first kappa shape index (κ1) is 17.3. The van der Waals surface area contributed by atoms with Crippen molar-refractivity contribution < 1.29 is 0 Å². The first-order chi connectivity index (χ1) is 10.3. The molecule has 0 spiro atoms. The summed E-state index contributed by atoms with van der Waals surface area (Å²) in [4.78, 5) is 0. The molecule has 1 heteroatoms. The van der Waals surface area contributed by atoms with Gasteiger partial charge in [0, 0.05) is 6.54 Å². The number of hydrogen-bond acceptors (Lipinski definition) is 1. The van der Waals surface area contributed by atoms with Crippen molar-refractivity contribution in [2.45, 2.75) is 97.3 Å². The van der Waals surface area contributed by atoms with Crippen LogP contribution < -0.4 is 5.32 Å². The molecular weight excluding hydrogens is 254 g/mol. The summed E-state index contributed by atoms with van der Waals surface area (Å²) >= 11 is 0. The van der Waals surface area contributed by atoms with Crippen molar-refractivity contribution >= 4 is 0 Å². The zero-order valence-electron chi connectivity index (χ0n) is 14.8. The molecule has 0 aliphatic heterocycles. The van der Waals surface area contributed by atoms with Crippen LogP contribution in [-0.2, 0) is 0 Å². The van der Waals surface area contributed by atoms with Crippen LogP contribution in [0.3, 0.4) is 0 Å². The molecule has 0 unspecified atom stereocenters. The lowest BCUT2D eigenvalue weighted by atomic mass is 9.61. The second kappa shape index (κ2) is 9.18. The van der Waals surface area contributed by atoms with Gasteiger partial charge in [-0.25, -0.2) is 0 Å². The zero-order valence-corrected chi connectivity index (χ0v) is 14.8. The molecule has 2 aliphatic rings. The first-order valence-electron chi connectivity index (χ1n) is 10.0. The van der Waals surface area contributed by atoms with Gasteiger partial charge in [-0.1, -0.05) is 58.8 Å². The van der Waals surface area contributed by atoms with E-state index in [4.69, 9.17) is 0 Å². The van der Waals surface area contributed by atoms with Gasteiger partial charge in [0.1, 0.15) is 0 Å². The van der Waals surface area contributed by atoms with Crippen LogP contribution in [-0.4, -0.2) is 13.1 Å². The van der Waals surface area contributed by atoms with E-state index >= 15 is 0 Å². The zero-order chi connectivity index (χ0) is 15.0. The summed E-state index contributed by atoms with van der Waals surface area (Å²) in [6.07, 6.45) is 19.4. The van der Waals surface area contributed by atoms with Gasteiger partial charge in [0.15, 0.2) is 0 Å². The van der Waals surface area contributed by atoms with Gasteiger partial charge in [-0.3, -0.25) is 0 Å². The molecule has 2 rings (SSSR count). The van der Waals surface area contributed by atoms with E-state index in [9.17, 15) is 0 Å². The molecule has 1 N–H and O–H groups in total. The number of rotatable bonds is 7. The van der Waals surface area contributed by atoms with Crippen LogP contribution in [0, 0.1) is 17.3 Å². The van der Waals surface area contributed by atoms with Crippen LogP contribution in [0.4, 0.5) is 0 Å². The Morgan fingerprint density at radius 2 is 1.57 bits per heavy atom. The molecule has 0 aromatic carbocycles. The summed E-state index contributed by atoms with van der Waals surface area (Å²) in [5.41, 5.74) is 0.656. The Hall–Kier alpha value is -0.0400. The topological polar surface area (TPSA) is 12.0 Å². The number of nitrogens with one attached hydrogen (secondary N) is 1. The lowest BCUT2D eigenvalue weighted by molar-refractivity contribution is 0.0593. The maximum atomic E-state index is 3.73. The molecule has 21 heavy (non-hydrogen) atoms. The quantitative estimate of drug-likeness (QED) is 0.573. The van der Waals surface area contributed by atoms with E-state index in [2.05, 4.69) is 19.2 Å². The first-order valence-corrected chi connectivity index (χ1v) is 10.0. The molecule has 124 valence electrons. The van der Waals surface area contributed by atoms with Crippen molar-refractivity contribution in [3.63, 3.8) is 0 Å². The summed E-state index contributed by atoms with van der Waals surface area (Å²) in [6.45, 7) is 7.06. The molecule has 0 saturated heterocycles. The normalized spacial score (nSPS) is 32.0. The highest BCUT2D eigenvalue weighted by Crippen LogP contribution is 2.49. The van der Waals surface area contributed by atoms with E-state index in [0.29, 0.717) is 5.41 Å². The summed E-state index contributed by atoms with van der Waals surface area (Å²) in [6, 6.07) is 0. The highest BCUT2D eigenvalue weighted by Gasteiger charge is 2.40. The molecule has 2 aliphatic carbocycles. The van der Waals surface area contributed by atoms with E-state index < -0.39 is 0 Å². The monoisotopic (exact) mass is 293 g/mol. The van der Waals surface area contributed by atoms with E-state index in [-0.39, 0.29) is 0 Å². The minimum Gasteiger partial charge on any atom is -0.316 e. The fraction of sp³-hybridized carbons (Fsp3) is 1.00. The number of hydrogen-bond donors (Lipinski definition) is 1. The van der Waals surface area contributed by atoms with Gasteiger partial charge in [0.05, 0.1) is 0 Å². The Morgan fingerprint density at radius 3 is 2.14 bits per heavy atom. The van der Waals surface area contributed by atoms with E-state index in [1.54, 1.807) is 0 Å². The third-order valence-corrected chi connectivity index (χ3v) is 6.52. The third-order valence-electron chi connectivity index (χ3n) is 6.52. The van der Waals surface area contributed by atoms with E-state index in [0.717, 1.165) is 18.4 Å². The average molecular weight is 294 g/mol. The molecule has 2 saturated carbocycles. The Balaban J connectivity index is 1.94. The summed E-state index contributed by atoms with van der Waals surface area (Å²) < 4.78 is 0. The van der Waals surface area contributed by atoms with Crippen molar-refractivity contribution in [3.05, 3.63) is 0 Å². The summed E-state index contributed by atoms with van der Waals surface area (Å²) in [5.74, 6) is 2.07. The Labute approximate surface area is 133 Å². The van der Waals surface area contributed by atoms with Gasteiger partial charge in [-0.2, -0.15) is 0 Å². The van der Waals surface area contributed by atoms with Crippen molar-refractivity contribution in [1.82, 2.24) is 5.32 Å². The van der Waals surface area contributed by atoms with Crippen molar-refractivity contribution in [3.8, 4) is 0 Å². The van der Waals surface area contributed by atoms with Gasteiger partial charge < -0.3 is 5.32 Å². The van der Waals surface area contributed by atoms with E-state index in [1.165, 1.54) is 90.0 Å². The van der Waals surface area contributed by atoms with Crippen LogP contribution in [0.15, 0.2) is 0 Å². The lowest BCUT2D eigenvalue weighted by Gasteiger charge is -2.46. The van der Waals surface area contributed by atoms with Crippen LogP contribution in [0.5, 0.6) is 0 Å². The van der Waals surface area contributed by atoms with Crippen molar-refractivity contribution in [2.75, 3.05) is 13.1 Å². The minimum atomic E-state index is 0.656. The molecule has 1 nitrogen and oxygen atoms in total. The van der Waals surface area contributed by atoms with Crippen LogP contribution >= 0.6 is 0 Å². The predicted octanol–water partition coefficient (Wildman–Crippen LogP) is 5.93. The molecule has 0 atom stereocenters. The molecule has 0 heterocycles. The molecular formula is C20H39N. The van der Waals surface area contributed by atoms with Gasteiger partial charge in [-0.05, 0) is 62.3 Å². The SMILES string of the molecule is CCCCC1CCC(CNCC)(C2CCCCCC2)CC1. The smallest absolute Gasteiger partial charge is 0.00104 e. The van der Waals surface area contributed by atoms with Gasteiger partial charge in [0.2, 0.25) is 0 Å². The van der Waals surface area contributed by atoms with Gasteiger partial charge in [0.25, 0.3) is 0 Å². The predicted molar refractivity (Wildman–Crippen MR) is 93.7 cm³/mol. The summed E-state index contributed by atoms with van der Waals surface area (Å²) in [7, 11) is 0. The fourth-order valence-electron chi connectivity index (χ4n) is 5.03.